The molecule has 5 heteroatoms. The molecule has 2 heterocycles. The van der Waals surface area contributed by atoms with Crippen LogP contribution in [0.25, 0.3) is 0 Å². The van der Waals surface area contributed by atoms with Gasteiger partial charge in [0.1, 0.15) is 0 Å². The van der Waals surface area contributed by atoms with Crippen molar-refractivity contribution < 1.29 is 14.3 Å². The van der Waals surface area contributed by atoms with E-state index in [9.17, 15) is 9.90 Å². The molecule has 3 rings (SSSR count). The fraction of sp³-hybridized carbons (Fsp3) is 0.421. The zero-order chi connectivity index (χ0) is 16.9. The summed E-state index contributed by atoms with van der Waals surface area (Å²) in [5, 5.41) is 12.6. The van der Waals surface area contributed by atoms with Gasteiger partial charge in [-0.2, -0.15) is 0 Å². The molecule has 128 valence electrons. The number of aliphatic hydroxyl groups is 1. The van der Waals surface area contributed by atoms with Crippen LogP contribution < -0.4 is 5.32 Å². The molecular weight excluding hydrogens is 304 g/mol. The van der Waals surface area contributed by atoms with Gasteiger partial charge in [0.2, 0.25) is 0 Å². The summed E-state index contributed by atoms with van der Waals surface area (Å²) in [6.45, 7) is 5.00. The summed E-state index contributed by atoms with van der Waals surface area (Å²) >= 11 is 0. The van der Waals surface area contributed by atoms with Gasteiger partial charge in [-0.05, 0) is 37.0 Å². The van der Waals surface area contributed by atoms with Crippen molar-refractivity contribution >= 4 is 5.91 Å². The Morgan fingerprint density at radius 2 is 1.96 bits per heavy atom. The molecule has 5 nitrogen and oxygen atoms in total. The van der Waals surface area contributed by atoms with Gasteiger partial charge in [-0.15, -0.1) is 0 Å². The number of carbonyl (C=O) groups is 1. The fourth-order valence-electron chi connectivity index (χ4n) is 3.06. The van der Waals surface area contributed by atoms with Gasteiger partial charge in [0.15, 0.2) is 5.76 Å². The first kappa shape index (κ1) is 16.7. The van der Waals surface area contributed by atoms with E-state index in [-0.39, 0.29) is 12.0 Å². The van der Waals surface area contributed by atoms with E-state index in [4.69, 9.17) is 4.42 Å². The molecule has 1 aromatic heterocycles. The SMILES string of the molecule is Cc1ccoc1C(=O)NCc1ccccc1CN1CCC(O)CC1. The Balaban J connectivity index is 1.62. The molecule has 1 amide bonds. The zero-order valence-electron chi connectivity index (χ0n) is 14.0. The summed E-state index contributed by atoms with van der Waals surface area (Å²) in [5.41, 5.74) is 3.17. The summed E-state index contributed by atoms with van der Waals surface area (Å²) in [5.74, 6) is 0.186. The third-order valence-electron chi connectivity index (χ3n) is 4.58. The van der Waals surface area contributed by atoms with Crippen molar-refractivity contribution in [3.05, 3.63) is 59.0 Å². The van der Waals surface area contributed by atoms with Crippen LogP contribution in [0.5, 0.6) is 0 Å². The third kappa shape index (κ3) is 4.04. The van der Waals surface area contributed by atoms with Gasteiger partial charge >= 0.3 is 0 Å². The first-order valence-electron chi connectivity index (χ1n) is 8.43. The number of aliphatic hydroxyl groups excluding tert-OH is 1. The molecule has 1 aromatic carbocycles. The van der Waals surface area contributed by atoms with Crippen LogP contribution in [0.2, 0.25) is 0 Å². The van der Waals surface area contributed by atoms with Crippen LogP contribution in [0.15, 0.2) is 41.0 Å². The van der Waals surface area contributed by atoms with Crippen LogP contribution in [-0.4, -0.2) is 35.1 Å². The number of carbonyl (C=O) groups excluding carboxylic acids is 1. The molecule has 2 N–H and O–H groups in total. The molecule has 1 aliphatic heterocycles. The second-order valence-corrected chi connectivity index (χ2v) is 6.39. The van der Waals surface area contributed by atoms with Crippen molar-refractivity contribution in [1.82, 2.24) is 10.2 Å². The quantitative estimate of drug-likeness (QED) is 0.885. The Labute approximate surface area is 142 Å². The lowest BCUT2D eigenvalue weighted by Crippen LogP contribution is -2.35. The fourth-order valence-corrected chi connectivity index (χ4v) is 3.06. The molecule has 0 radical (unpaired) electrons. The van der Waals surface area contributed by atoms with Crippen LogP contribution in [0.4, 0.5) is 0 Å². The number of rotatable bonds is 5. The number of benzene rings is 1. The lowest BCUT2D eigenvalue weighted by molar-refractivity contribution is 0.0790. The molecule has 2 aromatic rings. The second-order valence-electron chi connectivity index (χ2n) is 6.39. The van der Waals surface area contributed by atoms with Crippen molar-refractivity contribution in [2.45, 2.75) is 39.0 Å². The second kappa shape index (κ2) is 7.64. The normalized spacial score (nSPS) is 16.2. The van der Waals surface area contributed by atoms with E-state index in [2.05, 4.69) is 16.3 Å². The summed E-state index contributed by atoms with van der Waals surface area (Å²) < 4.78 is 5.23. The zero-order valence-corrected chi connectivity index (χ0v) is 14.0. The minimum Gasteiger partial charge on any atom is -0.459 e. The Morgan fingerprint density at radius 3 is 2.62 bits per heavy atom. The maximum absolute atomic E-state index is 12.2. The summed E-state index contributed by atoms with van der Waals surface area (Å²) in [6.07, 6.45) is 3.03. The van der Waals surface area contributed by atoms with Crippen molar-refractivity contribution in [3.8, 4) is 0 Å². The number of aryl methyl sites for hydroxylation is 1. The van der Waals surface area contributed by atoms with Crippen molar-refractivity contribution in [2.24, 2.45) is 0 Å². The molecule has 0 unspecified atom stereocenters. The molecular formula is C19H24N2O3. The van der Waals surface area contributed by atoms with Crippen molar-refractivity contribution in [1.29, 1.82) is 0 Å². The highest BCUT2D eigenvalue weighted by molar-refractivity contribution is 5.92. The molecule has 1 aliphatic rings. The number of piperidine rings is 1. The maximum Gasteiger partial charge on any atom is 0.287 e. The average molecular weight is 328 g/mol. The van der Waals surface area contributed by atoms with Gasteiger partial charge < -0.3 is 14.8 Å². The van der Waals surface area contributed by atoms with E-state index < -0.39 is 0 Å². The molecule has 0 atom stereocenters. The highest BCUT2D eigenvalue weighted by Crippen LogP contribution is 2.17. The van der Waals surface area contributed by atoms with Gasteiger partial charge in [0.25, 0.3) is 5.91 Å². The Kier molecular flexibility index (Phi) is 5.33. The van der Waals surface area contributed by atoms with E-state index in [1.54, 1.807) is 6.07 Å². The number of hydrogen-bond donors (Lipinski definition) is 2. The monoisotopic (exact) mass is 328 g/mol. The number of furan rings is 1. The van der Waals surface area contributed by atoms with E-state index in [1.807, 2.05) is 25.1 Å². The predicted molar refractivity (Wildman–Crippen MR) is 91.6 cm³/mol. The van der Waals surface area contributed by atoms with Gasteiger partial charge in [-0.3, -0.25) is 9.69 Å². The van der Waals surface area contributed by atoms with Crippen molar-refractivity contribution in [2.75, 3.05) is 13.1 Å². The Hall–Kier alpha value is -2.11. The molecule has 24 heavy (non-hydrogen) atoms. The highest BCUT2D eigenvalue weighted by Gasteiger charge is 2.18. The Morgan fingerprint density at radius 1 is 1.25 bits per heavy atom. The third-order valence-corrected chi connectivity index (χ3v) is 4.58. The van der Waals surface area contributed by atoms with Crippen LogP contribution >= 0.6 is 0 Å². The lowest BCUT2D eigenvalue weighted by atomic mass is 10.0. The molecule has 0 saturated carbocycles. The maximum atomic E-state index is 12.2. The first-order valence-corrected chi connectivity index (χ1v) is 8.43. The van der Waals surface area contributed by atoms with Crippen molar-refractivity contribution in [3.63, 3.8) is 0 Å². The van der Waals surface area contributed by atoms with E-state index >= 15 is 0 Å². The molecule has 0 aliphatic carbocycles. The van der Waals surface area contributed by atoms with Gasteiger partial charge in [-0.25, -0.2) is 0 Å². The highest BCUT2D eigenvalue weighted by atomic mass is 16.3. The molecule has 1 fully saturated rings. The minimum atomic E-state index is -0.187. The van der Waals surface area contributed by atoms with Gasteiger partial charge in [-0.1, -0.05) is 24.3 Å². The number of likely N-dealkylation sites (tertiary alicyclic amines) is 1. The predicted octanol–water partition coefficient (Wildman–Crippen LogP) is 2.47. The molecule has 0 spiro atoms. The number of nitrogens with zero attached hydrogens (tertiary/aromatic N) is 1. The largest absolute Gasteiger partial charge is 0.459 e. The number of nitrogens with one attached hydrogen (secondary N) is 1. The van der Waals surface area contributed by atoms with Crippen LogP contribution in [0.3, 0.4) is 0 Å². The van der Waals surface area contributed by atoms with Gasteiger partial charge in [0, 0.05) is 31.7 Å². The van der Waals surface area contributed by atoms with Crippen LogP contribution in [0.1, 0.15) is 40.1 Å². The first-order chi connectivity index (χ1) is 11.6. The van der Waals surface area contributed by atoms with E-state index in [0.29, 0.717) is 12.3 Å². The standard InChI is InChI=1S/C19H24N2O3/c1-14-8-11-24-18(14)19(23)20-12-15-4-2-3-5-16(15)13-21-9-6-17(22)7-10-21/h2-5,8,11,17,22H,6-7,9-10,12-13H2,1H3,(H,20,23). The van der Waals surface area contributed by atoms with Crippen LogP contribution in [-0.2, 0) is 13.1 Å². The topological polar surface area (TPSA) is 65.7 Å². The van der Waals surface area contributed by atoms with E-state index in [0.717, 1.165) is 43.6 Å². The Bertz CT molecular complexity index is 687. The van der Waals surface area contributed by atoms with E-state index in [1.165, 1.54) is 11.8 Å². The lowest BCUT2D eigenvalue weighted by Gasteiger charge is -2.30. The summed E-state index contributed by atoms with van der Waals surface area (Å²) in [7, 11) is 0. The smallest absolute Gasteiger partial charge is 0.287 e. The summed E-state index contributed by atoms with van der Waals surface area (Å²) in [4.78, 5) is 14.5. The molecule has 0 bridgehead atoms. The van der Waals surface area contributed by atoms with Gasteiger partial charge in [0.05, 0.1) is 12.4 Å². The summed E-state index contributed by atoms with van der Waals surface area (Å²) in [6, 6.07) is 9.95. The average Bonchev–Trinajstić information content (AvgIpc) is 3.02. The molecule has 1 saturated heterocycles. The number of hydrogen-bond acceptors (Lipinski definition) is 4. The van der Waals surface area contributed by atoms with Crippen LogP contribution in [0, 0.1) is 6.92 Å². The number of amides is 1. The minimum absolute atomic E-state index is 0.160.